The first-order chi connectivity index (χ1) is 16.8. The molecule has 2 saturated carbocycles. The number of rotatable bonds is 6. The van der Waals surface area contributed by atoms with Crippen LogP contribution in [0.3, 0.4) is 0 Å². The fourth-order valence-corrected chi connectivity index (χ4v) is 4.70. The molecule has 2 atom stereocenters. The summed E-state index contributed by atoms with van der Waals surface area (Å²) >= 11 is 0. The summed E-state index contributed by atoms with van der Waals surface area (Å²) in [7, 11) is 0. The minimum atomic E-state index is -4.66. The second-order valence-corrected chi connectivity index (χ2v) is 9.04. The quantitative estimate of drug-likeness (QED) is 0.514. The summed E-state index contributed by atoms with van der Waals surface area (Å²) in [6.45, 7) is 1.29. The maximum absolute atomic E-state index is 13.5. The number of nitrogens with zero attached hydrogens (tertiary/aromatic N) is 5. The summed E-state index contributed by atoms with van der Waals surface area (Å²) in [4.78, 5) is 19.0. The molecule has 12 heteroatoms. The smallest absolute Gasteiger partial charge is 0.423 e. The number of fused-ring (bicyclic) bond motifs is 1. The minimum absolute atomic E-state index is 0.0357. The van der Waals surface area contributed by atoms with Crippen molar-refractivity contribution in [2.75, 3.05) is 5.32 Å². The van der Waals surface area contributed by atoms with E-state index in [0.29, 0.717) is 12.8 Å². The van der Waals surface area contributed by atoms with E-state index in [-0.39, 0.29) is 24.0 Å². The molecule has 35 heavy (non-hydrogen) atoms. The van der Waals surface area contributed by atoms with Crippen molar-refractivity contribution < 1.29 is 27.4 Å². The largest absolute Gasteiger partial charge is 0.474 e. The molecular weight excluding hydrogens is 465 g/mol. The molecule has 0 aromatic carbocycles. The molecule has 2 fully saturated rings. The van der Waals surface area contributed by atoms with Crippen molar-refractivity contribution >= 4 is 17.6 Å². The van der Waals surface area contributed by atoms with Crippen molar-refractivity contribution in [3.63, 3.8) is 0 Å². The Morgan fingerprint density at radius 2 is 1.97 bits per heavy atom. The Kier molecular flexibility index (Phi) is 6.20. The summed E-state index contributed by atoms with van der Waals surface area (Å²) in [5.41, 5.74) is -0.257. The Labute approximate surface area is 199 Å². The minimum Gasteiger partial charge on any atom is -0.474 e. The first-order valence-electron chi connectivity index (χ1n) is 11.6. The summed E-state index contributed by atoms with van der Waals surface area (Å²) in [6, 6.07) is 5.68. The van der Waals surface area contributed by atoms with Gasteiger partial charge in [-0.05, 0) is 31.4 Å². The van der Waals surface area contributed by atoms with Crippen LogP contribution >= 0.6 is 0 Å². The zero-order valence-corrected chi connectivity index (χ0v) is 19.0. The topological polar surface area (TPSA) is 104 Å². The molecule has 2 aliphatic carbocycles. The fraction of sp³-hybridized carbons (Fsp3) is 0.522. The normalized spacial score (nSPS) is 24.6. The van der Waals surface area contributed by atoms with Crippen LogP contribution in [0.4, 0.5) is 19.1 Å². The monoisotopic (exact) mass is 490 g/mol. The molecule has 3 aromatic rings. The third-order valence-corrected chi connectivity index (χ3v) is 6.43. The molecule has 1 N–H and O–H groups in total. The number of anilines is 1. The first kappa shape index (κ1) is 23.3. The molecule has 0 bridgehead atoms. The molecule has 0 spiro atoms. The molecular formula is C23H25F3N6O3. The number of carbonyl (C=O) groups excluding carboxylic acids is 1. The summed E-state index contributed by atoms with van der Waals surface area (Å²) in [5.74, 6) is 0.161. The van der Waals surface area contributed by atoms with E-state index in [2.05, 4.69) is 25.5 Å². The maximum atomic E-state index is 13.5. The van der Waals surface area contributed by atoms with Crippen molar-refractivity contribution in [2.24, 2.45) is 0 Å². The van der Waals surface area contributed by atoms with Crippen molar-refractivity contribution in [3.8, 4) is 5.88 Å². The molecule has 0 amide bonds. The van der Waals surface area contributed by atoms with Gasteiger partial charge in [0, 0.05) is 44.1 Å². The van der Waals surface area contributed by atoms with E-state index in [1.165, 1.54) is 6.92 Å². The van der Waals surface area contributed by atoms with E-state index < -0.39 is 29.7 Å². The Hall–Kier alpha value is -3.44. The molecule has 0 radical (unpaired) electrons. The van der Waals surface area contributed by atoms with Gasteiger partial charge in [0.15, 0.2) is 5.65 Å². The van der Waals surface area contributed by atoms with Crippen molar-refractivity contribution in [1.29, 1.82) is 0 Å². The zero-order valence-electron chi connectivity index (χ0n) is 19.0. The van der Waals surface area contributed by atoms with Crippen LogP contribution in [0, 0.1) is 0 Å². The van der Waals surface area contributed by atoms with Gasteiger partial charge in [0.25, 0.3) is 0 Å². The molecule has 5 rings (SSSR count). The highest BCUT2D eigenvalue weighted by Gasteiger charge is 2.40. The van der Waals surface area contributed by atoms with Gasteiger partial charge in [-0.25, -0.2) is 4.98 Å². The molecule has 3 heterocycles. The van der Waals surface area contributed by atoms with Crippen LogP contribution in [0.5, 0.6) is 5.88 Å². The van der Waals surface area contributed by atoms with Gasteiger partial charge in [0.05, 0.1) is 0 Å². The van der Waals surface area contributed by atoms with E-state index in [1.54, 1.807) is 0 Å². The van der Waals surface area contributed by atoms with Gasteiger partial charge >= 0.3 is 12.1 Å². The lowest BCUT2D eigenvalue weighted by atomic mass is 9.85. The SMILES string of the molecule is CC(=O)OC1CC(Oc2nc(N[C@@H]3CCC[C@H](c4nnc5ccccn45)C3)ncc2C(F)(F)F)C1. The number of halogens is 3. The van der Waals surface area contributed by atoms with Gasteiger partial charge in [0.1, 0.15) is 23.6 Å². The van der Waals surface area contributed by atoms with Crippen molar-refractivity contribution in [1.82, 2.24) is 24.6 Å². The van der Waals surface area contributed by atoms with Gasteiger partial charge in [-0.2, -0.15) is 18.2 Å². The first-order valence-corrected chi connectivity index (χ1v) is 11.6. The van der Waals surface area contributed by atoms with Crippen molar-refractivity contribution in [3.05, 3.63) is 42.0 Å². The molecule has 2 aliphatic rings. The maximum Gasteiger partial charge on any atom is 0.423 e. The van der Waals surface area contributed by atoms with Crippen LogP contribution in [0.2, 0.25) is 0 Å². The number of ether oxygens (including phenoxy) is 2. The Morgan fingerprint density at radius 1 is 1.14 bits per heavy atom. The highest BCUT2D eigenvalue weighted by Crippen LogP contribution is 2.38. The van der Waals surface area contributed by atoms with Crippen molar-refractivity contribution in [2.45, 2.75) is 75.8 Å². The molecule has 3 aromatic heterocycles. The van der Waals surface area contributed by atoms with Gasteiger partial charge < -0.3 is 14.8 Å². The molecule has 9 nitrogen and oxygen atoms in total. The lowest BCUT2D eigenvalue weighted by Gasteiger charge is -2.34. The number of hydrogen-bond acceptors (Lipinski definition) is 8. The third kappa shape index (κ3) is 5.15. The number of aromatic nitrogens is 5. The zero-order chi connectivity index (χ0) is 24.6. The fourth-order valence-electron chi connectivity index (χ4n) is 4.70. The van der Waals surface area contributed by atoms with Crippen LogP contribution in [0.15, 0.2) is 30.6 Å². The summed E-state index contributed by atoms with van der Waals surface area (Å²) < 4.78 is 53.2. The average Bonchev–Trinajstić information content (AvgIpc) is 3.21. The molecule has 186 valence electrons. The van der Waals surface area contributed by atoms with E-state index in [1.807, 2.05) is 28.8 Å². The van der Waals surface area contributed by atoms with Gasteiger partial charge in [-0.15, -0.1) is 10.2 Å². The van der Waals surface area contributed by atoms with Crippen LogP contribution < -0.4 is 10.1 Å². The van der Waals surface area contributed by atoms with Gasteiger partial charge in [0.2, 0.25) is 11.8 Å². The standard InChI is InChI=1S/C23H25F3N6O3/c1-13(33)34-16-10-17(11-16)35-21-18(23(24,25)26)12-27-22(29-21)28-15-6-4-5-14(9-15)20-31-30-19-7-2-3-8-32(19)20/h2-3,7-8,12,14-17H,4-6,9-11H2,1H3,(H,27,28,29)/t14-,15+,16?,17?/m0/s1. The second kappa shape index (κ2) is 9.31. The number of carbonyl (C=O) groups is 1. The van der Waals surface area contributed by atoms with Gasteiger partial charge in [-0.1, -0.05) is 12.5 Å². The predicted octanol–water partition coefficient (Wildman–Crippen LogP) is 4.15. The highest BCUT2D eigenvalue weighted by molar-refractivity contribution is 5.66. The molecule has 0 saturated heterocycles. The number of pyridine rings is 1. The van der Waals surface area contributed by atoms with E-state index >= 15 is 0 Å². The average molecular weight is 490 g/mol. The number of hydrogen-bond donors (Lipinski definition) is 1. The lowest BCUT2D eigenvalue weighted by Crippen LogP contribution is -2.40. The molecule has 0 aliphatic heterocycles. The Morgan fingerprint density at radius 3 is 2.74 bits per heavy atom. The summed E-state index contributed by atoms with van der Waals surface area (Å²) in [6.07, 6.45) is 1.23. The predicted molar refractivity (Wildman–Crippen MR) is 118 cm³/mol. The Bertz CT molecular complexity index is 1210. The van der Waals surface area contributed by atoms with Crippen LogP contribution in [0.25, 0.3) is 5.65 Å². The third-order valence-electron chi connectivity index (χ3n) is 6.43. The highest BCUT2D eigenvalue weighted by atomic mass is 19.4. The number of nitrogens with one attached hydrogen (secondary N) is 1. The second-order valence-electron chi connectivity index (χ2n) is 9.04. The van der Waals surface area contributed by atoms with E-state index in [9.17, 15) is 18.0 Å². The van der Waals surface area contributed by atoms with E-state index in [0.717, 1.165) is 43.4 Å². The number of alkyl halides is 3. The lowest BCUT2D eigenvalue weighted by molar-refractivity contribution is -0.155. The van der Waals surface area contributed by atoms with E-state index in [4.69, 9.17) is 9.47 Å². The molecule has 0 unspecified atom stereocenters. The Balaban J connectivity index is 1.29. The number of esters is 1. The van der Waals surface area contributed by atoms with Crippen LogP contribution in [-0.2, 0) is 15.7 Å². The van der Waals surface area contributed by atoms with Crippen LogP contribution in [-0.4, -0.2) is 48.8 Å². The van der Waals surface area contributed by atoms with Crippen LogP contribution in [0.1, 0.15) is 62.8 Å². The summed E-state index contributed by atoms with van der Waals surface area (Å²) in [5, 5.41) is 11.8. The van der Waals surface area contributed by atoms with Gasteiger partial charge in [-0.3, -0.25) is 9.20 Å².